The summed E-state index contributed by atoms with van der Waals surface area (Å²) in [7, 11) is 1.54. The SMILES string of the molecule is CCCCC[C@H]1C[C@@H](CCc2ccc(O)c(OC)c2)O[C@@H](c2cc(O)c(O)c(C)c2C[C@@H]2CC(=O)OC2(C)C)O1. The van der Waals surface area contributed by atoms with Crippen LogP contribution >= 0.6 is 0 Å². The minimum absolute atomic E-state index is 0.0124. The Balaban J connectivity index is 1.61. The van der Waals surface area contributed by atoms with E-state index in [2.05, 4.69) is 6.92 Å². The number of aryl methyl sites for hydroxylation is 1. The monoisotopic (exact) mass is 556 g/mol. The highest BCUT2D eigenvalue weighted by Crippen LogP contribution is 2.44. The lowest BCUT2D eigenvalue weighted by Gasteiger charge is -2.38. The molecule has 40 heavy (non-hydrogen) atoms. The molecule has 2 aliphatic heterocycles. The molecule has 4 atom stereocenters. The molecule has 0 bridgehead atoms. The number of rotatable bonds is 11. The highest BCUT2D eigenvalue weighted by molar-refractivity contribution is 5.73. The molecule has 0 radical (unpaired) electrons. The van der Waals surface area contributed by atoms with E-state index < -0.39 is 11.9 Å². The number of cyclic esters (lactones) is 1. The number of carbonyl (C=O) groups excluding carboxylic acids is 1. The molecular formula is C32H44O8. The van der Waals surface area contributed by atoms with E-state index in [0.29, 0.717) is 23.3 Å². The van der Waals surface area contributed by atoms with Crippen LogP contribution in [0.25, 0.3) is 0 Å². The number of hydrogen-bond acceptors (Lipinski definition) is 8. The molecule has 0 saturated carbocycles. The summed E-state index contributed by atoms with van der Waals surface area (Å²) < 4.78 is 23.9. The number of carbonyl (C=O) groups is 1. The normalized spacial score (nSPS) is 24.2. The molecule has 8 nitrogen and oxygen atoms in total. The quantitative estimate of drug-likeness (QED) is 0.166. The van der Waals surface area contributed by atoms with Gasteiger partial charge in [0.15, 0.2) is 29.3 Å². The Kier molecular flexibility index (Phi) is 9.52. The van der Waals surface area contributed by atoms with Gasteiger partial charge in [-0.1, -0.05) is 32.3 Å². The summed E-state index contributed by atoms with van der Waals surface area (Å²) in [5, 5.41) is 31.2. The molecule has 220 valence electrons. The van der Waals surface area contributed by atoms with Crippen molar-refractivity contribution >= 4 is 5.97 Å². The first-order valence-electron chi connectivity index (χ1n) is 14.4. The lowest BCUT2D eigenvalue weighted by molar-refractivity contribution is -0.250. The van der Waals surface area contributed by atoms with Crippen LogP contribution in [0.4, 0.5) is 0 Å². The van der Waals surface area contributed by atoms with Crippen molar-refractivity contribution in [2.24, 2.45) is 5.92 Å². The van der Waals surface area contributed by atoms with Gasteiger partial charge >= 0.3 is 5.97 Å². The maximum absolute atomic E-state index is 12.1. The van der Waals surface area contributed by atoms with E-state index >= 15 is 0 Å². The van der Waals surface area contributed by atoms with Crippen molar-refractivity contribution in [2.75, 3.05) is 7.11 Å². The third-order valence-electron chi connectivity index (χ3n) is 8.46. The van der Waals surface area contributed by atoms with Crippen LogP contribution in [0.2, 0.25) is 0 Å². The molecule has 2 aromatic rings. The van der Waals surface area contributed by atoms with Crippen molar-refractivity contribution in [2.45, 2.75) is 110 Å². The molecule has 8 heteroatoms. The predicted octanol–water partition coefficient (Wildman–Crippen LogP) is 6.39. The zero-order chi connectivity index (χ0) is 29.0. The summed E-state index contributed by atoms with van der Waals surface area (Å²) in [6.07, 6.45) is 6.38. The van der Waals surface area contributed by atoms with E-state index in [9.17, 15) is 20.1 Å². The van der Waals surface area contributed by atoms with Crippen molar-refractivity contribution in [1.82, 2.24) is 0 Å². The number of ether oxygens (including phenoxy) is 4. The fourth-order valence-electron chi connectivity index (χ4n) is 5.90. The number of esters is 1. The van der Waals surface area contributed by atoms with Gasteiger partial charge in [-0.25, -0.2) is 0 Å². The topological polar surface area (TPSA) is 115 Å². The van der Waals surface area contributed by atoms with Crippen LogP contribution in [-0.4, -0.2) is 46.2 Å². The summed E-state index contributed by atoms with van der Waals surface area (Å²) in [6.45, 7) is 7.76. The Morgan fingerprint density at radius 3 is 2.40 bits per heavy atom. The maximum Gasteiger partial charge on any atom is 0.306 e. The highest BCUT2D eigenvalue weighted by atomic mass is 16.7. The third kappa shape index (κ3) is 6.84. The number of phenols is 3. The average Bonchev–Trinajstić information content (AvgIpc) is 3.18. The van der Waals surface area contributed by atoms with E-state index in [1.165, 1.54) is 7.11 Å². The van der Waals surface area contributed by atoms with Gasteiger partial charge in [-0.2, -0.15) is 0 Å². The molecule has 3 N–H and O–H groups in total. The van der Waals surface area contributed by atoms with Gasteiger partial charge in [-0.15, -0.1) is 0 Å². The minimum Gasteiger partial charge on any atom is -0.504 e. The van der Waals surface area contributed by atoms with E-state index in [4.69, 9.17) is 18.9 Å². The fourth-order valence-corrected chi connectivity index (χ4v) is 5.90. The number of benzene rings is 2. The van der Waals surface area contributed by atoms with Crippen molar-refractivity contribution in [1.29, 1.82) is 0 Å². The summed E-state index contributed by atoms with van der Waals surface area (Å²) in [4.78, 5) is 12.1. The summed E-state index contributed by atoms with van der Waals surface area (Å²) >= 11 is 0. The largest absolute Gasteiger partial charge is 0.504 e. The standard InChI is InChI=1S/C32H44O8/c1-6-7-8-9-22-17-23(12-10-20-11-13-26(33)28(14-20)37-5)39-31(38-22)25-18-27(34)30(36)19(2)24(25)15-21-16-29(35)40-32(21,3)4/h11,13-14,18,21-23,31,33-34,36H,6-10,12,15-17H2,1-5H3/t21-,22+,23-,31+/m1/s1. The number of methoxy groups -OCH3 is 1. The summed E-state index contributed by atoms with van der Waals surface area (Å²) in [5.41, 5.74) is 2.44. The minimum atomic E-state index is -0.721. The van der Waals surface area contributed by atoms with Crippen LogP contribution in [0.3, 0.4) is 0 Å². The van der Waals surface area contributed by atoms with Crippen molar-refractivity contribution < 1.29 is 39.1 Å². The molecule has 2 heterocycles. The molecule has 0 spiro atoms. The molecule has 4 rings (SSSR count). The van der Waals surface area contributed by atoms with Crippen molar-refractivity contribution in [3.63, 3.8) is 0 Å². The first-order chi connectivity index (χ1) is 19.0. The van der Waals surface area contributed by atoms with Gasteiger partial charge in [0.05, 0.1) is 25.7 Å². The van der Waals surface area contributed by atoms with Gasteiger partial charge in [0.1, 0.15) is 5.60 Å². The molecule has 2 aromatic carbocycles. The van der Waals surface area contributed by atoms with Crippen molar-refractivity contribution in [3.05, 3.63) is 46.5 Å². The van der Waals surface area contributed by atoms with E-state index in [0.717, 1.165) is 56.1 Å². The van der Waals surface area contributed by atoms with E-state index in [1.54, 1.807) is 19.1 Å². The highest BCUT2D eigenvalue weighted by Gasteiger charge is 2.43. The Morgan fingerprint density at radius 1 is 1.02 bits per heavy atom. The van der Waals surface area contributed by atoms with Crippen LogP contribution in [-0.2, 0) is 31.8 Å². The number of phenolic OH excluding ortho intramolecular Hbond substituents is 3. The number of hydrogen-bond donors (Lipinski definition) is 3. The predicted molar refractivity (Wildman–Crippen MR) is 151 cm³/mol. The van der Waals surface area contributed by atoms with Gasteiger partial charge in [0.25, 0.3) is 0 Å². The molecule has 0 aliphatic carbocycles. The van der Waals surface area contributed by atoms with Crippen LogP contribution in [0, 0.1) is 12.8 Å². The van der Waals surface area contributed by atoms with Crippen LogP contribution in [0.1, 0.15) is 94.3 Å². The maximum atomic E-state index is 12.1. The van der Waals surface area contributed by atoms with Gasteiger partial charge in [0.2, 0.25) is 0 Å². The second-order valence-corrected chi connectivity index (χ2v) is 11.7. The first kappa shape index (κ1) is 30.0. The van der Waals surface area contributed by atoms with E-state index in [-0.39, 0.29) is 47.8 Å². The number of unbranched alkanes of at least 4 members (excludes halogenated alkanes) is 2. The molecule has 2 saturated heterocycles. The Labute approximate surface area is 237 Å². The Morgan fingerprint density at radius 2 is 1.75 bits per heavy atom. The third-order valence-corrected chi connectivity index (χ3v) is 8.46. The van der Waals surface area contributed by atoms with Crippen molar-refractivity contribution in [3.8, 4) is 23.0 Å². The van der Waals surface area contributed by atoms with Crippen LogP contribution in [0.15, 0.2) is 24.3 Å². The van der Waals surface area contributed by atoms with Gasteiger partial charge in [-0.3, -0.25) is 4.79 Å². The first-order valence-corrected chi connectivity index (χ1v) is 14.4. The zero-order valence-corrected chi connectivity index (χ0v) is 24.4. The lowest BCUT2D eigenvalue weighted by Crippen LogP contribution is -2.35. The zero-order valence-electron chi connectivity index (χ0n) is 24.4. The Bertz CT molecular complexity index is 1190. The smallest absolute Gasteiger partial charge is 0.306 e. The molecule has 2 aliphatic rings. The molecule has 0 aromatic heterocycles. The average molecular weight is 557 g/mol. The van der Waals surface area contributed by atoms with Gasteiger partial charge in [-0.05, 0) is 81.3 Å². The van der Waals surface area contributed by atoms with Crippen LogP contribution < -0.4 is 4.74 Å². The lowest BCUT2D eigenvalue weighted by atomic mass is 9.82. The second-order valence-electron chi connectivity index (χ2n) is 11.7. The second kappa shape index (κ2) is 12.7. The molecule has 2 fully saturated rings. The van der Waals surface area contributed by atoms with Gasteiger partial charge < -0.3 is 34.3 Å². The summed E-state index contributed by atoms with van der Waals surface area (Å²) in [6, 6.07) is 6.92. The number of aromatic hydroxyl groups is 3. The molecule has 0 unspecified atom stereocenters. The molecule has 0 amide bonds. The van der Waals surface area contributed by atoms with Crippen LogP contribution in [0.5, 0.6) is 23.0 Å². The summed E-state index contributed by atoms with van der Waals surface area (Å²) in [5.74, 6) is -0.165. The van der Waals surface area contributed by atoms with Gasteiger partial charge in [0, 0.05) is 17.9 Å². The van der Waals surface area contributed by atoms with E-state index in [1.807, 2.05) is 26.0 Å². The Hall–Kier alpha value is -2.97. The molecular weight excluding hydrogens is 512 g/mol. The fraction of sp³-hybridized carbons (Fsp3) is 0.594.